The third-order valence-corrected chi connectivity index (χ3v) is 2.10. The summed E-state index contributed by atoms with van der Waals surface area (Å²) in [6, 6.07) is 0. The fourth-order valence-electron chi connectivity index (χ4n) is 0.536. The van der Waals surface area contributed by atoms with E-state index in [1.807, 2.05) is 11.8 Å². The molecule has 1 heteroatoms. The molecule has 0 aliphatic heterocycles. The predicted octanol–water partition coefficient (Wildman–Crippen LogP) is 3.69. The van der Waals surface area contributed by atoms with Crippen molar-refractivity contribution in [2.24, 2.45) is 5.92 Å². The third kappa shape index (κ3) is 8.09. The molecule has 0 atom stereocenters. The van der Waals surface area contributed by atoms with Gasteiger partial charge < -0.3 is 0 Å². The van der Waals surface area contributed by atoms with E-state index in [4.69, 9.17) is 0 Å². The van der Waals surface area contributed by atoms with Gasteiger partial charge in [0.1, 0.15) is 0 Å². The van der Waals surface area contributed by atoms with Crippen molar-refractivity contribution < 1.29 is 0 Å². The predicted molar refractivity (Wildman–Crippen MR) is 51.3 cm³/mol. The van der Waals surface area contributed by atoms with Gasteiger partial charge in [-0.3, -0.25) is 0 Å². The first-order chi connectivity index (χ1) is 4.77. The maximum absolute atomic E-state index is 2.27. The van der Waals surface area contributed by atoms with Gasteiger partial charge in [-0.2, -0.15) is 0 Å². The number of allylic oxidation sites excluding steroid dienone is 1. The second-order valence-electron chi connectivity index (χ2n) is 2.83. The van der Waals surface area contributed by atoms with Gasteiger partial charge in [-0.05, 0) is 29.9 Å². The van der Waals surface area contributed by atoms with Crippen molar-refractivity contribution in [2.75, 3.05) is 5.75 Å². The molecule has 0 aromatic carbocycles. The Balaban J connectivity index is 2.97. The van der Waals surface area contributed by atoms with Gasteiger partial charge in [0, 0.05) is 0 Å². The summed E-state index contributed by atoms with van der Waals surface area (Å²) in [4.78, 5) is 0. The first-order valence-corrected chi connectivity index (χ1v) is 5.08. The van der Waals surface area contributed by atoms with Gasteiger partial charge in [-0.15, -0.1) is 11.8 Å². The number of hydrogen-bond donors (Lipinski definition) is 0. The average molecular weight is 158 g/mol. The summed E-state index contributed by atoms with van der Waals surface area (Å²) in [5, 5.41) is 2.21. The Bertz CT molecular complexity index is 84.7. The van der Waals surface area contributed by atoms with Crippen LogP contribution in [0.3, 0.4) is 0 Å². The highest BCUT2D eigenvalue weighted by molar-refractivity contribution is 8.02. The lowest BCUT2D eigenvalue weighted by molar-refractivity contribution is 0.632. The van der Waals surface area contributed by atoms with Crippen LogP contribution in [0.1, 0.15) is 33.6 Å². The maximum Gasteiger partial charge on any atom is -0.00236 e. The number of thioether (sulfide) groups is 1. The second kappa shape index (κ2) is 7.20. The fraction of sp³-hybridized carbons (Fsp3) is 0.778. The van der Waals surface area contributed by atoms with Crippen LogP contribution in [0.2, 0.25) is 0 Å². The summed E-state index contributed by atoms with van der Waals surface area (Å²) in [5.74, 6) is 2.12. The minimum Gasteiger partial charge on any atom is -0.134 e. The molecule has 0 aliphatic carbocycles. The highest BCUT2D eigenvalue weighted by Crippen LogP contribution is 2.09. The summed E-state index contributed by atoms with van der Waals surface area (Å²) >= 11 is 1.93. The van der Waals surface area contributed by atoms with Crippen LogP contribution >= 0.6 is 11.8 Å². The Morgan fingerprint density at radius 3 is 2.60 bits per heavy atom. The van der Waals surface area contributed by atoms with Crippen molar-refractivity contribution in [2.45, 2.75) is 33.6 Å². The molecule has 60 valence electrons. The largest absolute Gasteiger partial charge is 0.134 e. The van der Waals surface area contributed by atoms with E-state index >= 15 is 0 Å². The van der Waals surface area contributed by atoms with Crippen molar-refractivity contribution >= 4 is 11.8 Å². The van der Waals surface area contributed by atoms with Crippen molar-refractivity contribution in [1.82, 2.24) is 0 Å². The van der Waals surface area contributed by atoms with E-state index in [1.165, 1.54) is 12.2 Å². The van der Waals surface area contributed by atoms with Crippen LogP contribution in [-0.2, 0) is 0 Å². The smallest absolute Gasteiger partial charge is 0.00236 e. The molecule has 0 nitrogen and oxygen atoms in total. The summed E-state index contributed by atoms with van der Waals surface area (Å²) in [6.07, 6.45) is 4.71. The summed E-state index contributed by atoms with van der Waals surface area (Å²) in [5.41, 5.74) is 0. The van der Waals surface area contributed by atoms with Crippen molar-refractivity contribution in [3.05, 3.63) is 11.5 Å². The van der Waals surface area contributed by atoms with Crippen LogP contribution in [0.4, 0.5) is 0 Å². The molecule has 0 heterocycles. The van der Waals surface area contributed by atoms with Crippen LogP contribution in [0.5, 0.6) is 0 Å². The molecule has 0 unspecified atom stereocenters. The Hall–Kier alpha value is 0.0900. The molecule has 0 spiro atoms. The molecule has 0 aliphatic rings. The monoisotopic (exact) mass is 158 g/mol. The molecule has 10 heavy (non-hydrogen) atoms. The van der Waals surface area contributed by atoms with Gasteiger partial charge in [0.25, 0.3) is 0 Å². The summed E-state index contributed by atoms with van der Waals surface area (Å²) in [7, 11) is 0. The van der Waals surface area contributed by atoms with Gasteiger partial charge in [-0.1, -0.05) is 26.8 Å². The van der Waals surface area contributed by atoms with Gasteiger partial charge in [-0.25, -0.2) is 0 Å². The van der Waals surface area contributed by atoms with Crippen LogP contribution in [-0.4, -0.2) is 5.75 Å². The normalized spacial score (nSPS) is 11.6. The quantitative estimate of drug-likeness (QED) is 0.550. The molecule has 0 saturated carbocycles. The van der Waals surface area contributed by atoms with E-state index in [1.54, 1.807) is 0 Å². The SMILES string of the molecule is CC/C=C\SCCC(C)C. The highest BCUT2D eigenvalue weighted by atomic mass is 32.2. The highest BCUT2D eigenvalue weighted by Gasteiger charge is 1.90. The van der Waals surface area contributed by atoms with Crippen LogP contribution in [0.15, 0.2) is 11.5 Å². The molecule has 0 radical (unpaired) electrons. The van der Waals surface area contributed by atoms with Crippen LogP contribution in [0, 0.1) is 5.92 Å². The van der Waals surface area contributed by atoms with Gasteiger partial charge >= 0.3 is 0 Å². The van der Waals surface area contributed by atoms with E-state index in [0.717, 1.165) is 12.3 Å². The van der Waals surface area contributed by atoms with Crippen molar-refractivity contribution in [3.63, 3.8) is 0 Å². The molecular formula is C9H18S. The van der Waals surface area contributed by atoms with Crippen molar-refractivity contribution in [1.29, 1.82) is 0 Å². The first kappa shape index (κ1) is 10.1. The second-order valence-corrected chi connectivity index (χ2v) is 3.85. The molecular weight excluding hydrogens is 140 g/mol. The average Bonchev–Trinajstić information content (AvgIpc) is 1.87. The lowest BCUT2D eigenvalue weighted by Crippen LogP contribution is -1.87. The zero-order valence-electron chi connectivity index (χ0n) is 7.26. The fourth-order valence-corrected chi connectivity index (χ4v) is 1.61. The van der Waals surface area contributed by atoms with E-state index in [0.29, 0.717) is 0 Å². The van der Waals surface area contributed by atoms with Crippen LogP contribution in [0.25, 0.3) is 0 Å². The summed E-state index contributed by atoms with van der Waals surface area (Å²) < 4.78 is 0. The van der Waals surface area contributed by atoms with E-state index in [2.05, 4.69) is 32.3 Å². The molecule has 0 rings (SSSR count). The Morgan fingerprint density at radius 2 is 2.10 bits per heavy atom. The molecule has 0 aromatic rings. The number of rotatable bonds is 5. The number of hydrogen-bond acceptors (Lipinski definition) is 1. The van der Waals surface area contributed by atoms with Gasteiger partial charge in [0.05, 0.1) is 0 Å². The molecule has 0 bridgehead atoms. The maximum atomic E-state index is 2.27. The zero-order chi connectivity index (χ0) is 7.82. The Labute approximate surface area is 69.1 Å². The standard InChI is InChI=1S/C9H18S/c1-4-5-7-10-8-6-9(2)3/h5,7,9H,4,6,8H2,1-3H3/b7-5-. The topological polar surface area (TPSA) is 0 Å². The van der Waals surface area contributed by atoms with Gasteiger partial charge in [0.2, 0.25) is 0 Å². The van der Waals surface area contributed by atoms with Crippen molar-refractivity contribution in [3.8, 4) is 0 Å². The summed E-state index contributed by atoms with van der Waals surface area (Å²) in [6.45, 7) is 6.70. The molecule has 0 N–H and O–H groups in total. The first-order valence-electron chi connectivity index (χ1n) is 4.04. The molecule has 0 aromatic heterocycles. The van der Waals surface area contributed by atoms with Gasteiger partial charge in [0.15, 0.2) is 0 Å². The minimum atomic E-state index is 0.850. The lowest BCUT2D eigenvalue weighted by Gasteiger charge is -1.99. The molecule has 0 fully saturated rings. The zero-order valence-corrected chi connectivity index (χ0v) is 8.08. The third-order valence-electron chi connectivity index (χ3n) is 1.24. The lowest BCUT2D eigenvalue weighted by atomic mass is 10.2. The molecule has 0 saturated heterocycles. The van der Waals surface area contributed by atoms with E-state index in [9.17, 15) is 0 Å². The Morgan fingerprint density at radius 1 is 1.40 bits per heavy atom. The molecule has 0 amide bonds. The Kier molecular flexibility index (Phi) is 7.26. The van der Waals surface area contributed by atoms with Crippen LogP contribution < -0.4 is 0 Å². The minimum absolute atomic E-state index is 0.850. The van der Waals surface area contributed by atoms with E-state index < -0.39 is 0 Å². The van der Waals surface area contributed by atoms with E-state index in [-0.39, 0.29) is 0 Å².